The quantitative estimate of drug-likeness (QED) is 0.0726. The predicted octanol–water partition coefficient (Wildman–Crippen LogP) is 6.93. The summed E-state index contributed by atoms with van der Waals surface area (Å²) < 4.78 is 7.28. The van der Waals surface area contributed by atoms with Gasteiger partial charge in [-0.3, -0.25) is 33.4 Å². The molecule has 8 atom stereocenters. The summed E-state index contributed by atoms with van der Waals surface area (Å²) in [6.45, 7) is 13.0. The van der Waals surface area contributed by atoms with Crippen molar-refractivity contribution in [1.82, 2.24) is 40.1 Å². The van der Waals surface area contributed by atoms with Crippen LogP contribution in [0.1, 0.15) is 113 Å². The topological polar surface area (TPSA) is 229 Å². The Kier molecular flexibility index (Phi) is 17.4. The molecule has 4 unspecified atom stereocenters. The third kappa shape index (κ3) is 12.7. The van der Waals surface area contributed by atoms with E-state index >= 15 is 4.79 Å². The summed E-state index contributed by atoms with van der Waals surface area (Å²) in [4.78, 5) is 105. The van der Waals surface area contributed by atoms with Crippen LogP contribution in [0.2, 0.25) is 0 Å². The lowest BCUT2D eigenvalue weighted by Gasteiger charge is -2.43. The molecule has 3 aliphatic rings. The van der Waals surface area contributed by atoms with Crippen LogP contribution in [-0.4, -0.2) is 134 Å². The van der Waals surface area contributed by atoms with E-state index in [0.717, 1.165) is 51.1 Å². The third-order valence-electron chi connectivity index (χ3n) is 16.1. The van der Waals surface area contributed by atoms with Crippen LogP contribution in [0.25, 0.3) is 10.9 Å². The zero-order valence-corrected chi connectivity index (χ0v) is 46.9. The first-order chi connectivity index (χ1) is 37.5. The van der Waals surface area contributed by atoms with Crippen LogP contribution in [0.5, 0.6) is 0 Å². The van der Waals surface area contributed by atoms with E-state index in [1.165, 1.54) is 23.4 Å². The van der Waals surface area contributed by atoms with Crippen molar-refractivity contribution < 1.29 is 43.4 Å². The minimum absolute atomic E-state index is 0.0496. The molecule has 2 aliphatic heterocycles. The number of likely N-dealkylation sites (N-methyl/N-ethyl adjacent to an activating group) is 1. The first kappa shape index (κ1) is 57.6. The number of methoxy groups -OCH3 is 1. The summed E-state index contributed by atoms with van der Waals surface area (Å²) in [7, 11) is 2.86. The molecule has 6 N–H and O–H groups in total. The molecule has 0 radical (unpaired) electrons. The molecule has 5 aromatic rings. The first-order valence-corrected chi connectivity index (χ1v) is 27.3. The van der Waals surface area contributed by atoms with Gasteiger partial charge in [0, 0.05) is 51.8 Å². The molecular weight excluding hydrogens is 1000 g/mol. The smallest absolute Gasteiger partial charge is 0.407 e. The number of nitrogens with zero attached hydrogens (tertiary/aromatic N) is 5. The number of rotatable bonds is 15. The van der Waals surface area contributed by atoms with Gasteiger partial charge in [0.2, 0.25) is 29.5 Å². The number of aryl methyl sites for hydroxylation is 1. The van der Waals surface area contributed by atoms with E-state index in [9.17, 15) is 33.9 Å². The van der Waals surface area contributed by atoms with Gasteiger partial charge in [-0.2, -0.15) is 0 Å². The maximum atomic E-state index is 15.5. The first-order valence-electron chi connectivity index (χ1n) is 27.3. The Morgan fingerprint density at radius 1 is 0.797 bits per heavy atom. The van der Waals surface area contributed by atoms with Gasteiger partial charge in [-0.1, -0.05) is 126 Å². The molecule has 420 valence electrons. The van der Waals surface area contributed by atoms with Gasteiger partial charge < -0.3 is 46.2 Å². The predicted molar refractivity (Wildman–Crippen MR) is 300 cm³/mol. The third-order valence-corrected chi connectivity index (χ3v) is 16.1. The van der Waals surface area contributed by atoms with Gasteiger partial charge in [-0.25, -0.2) is 9.59 Å². The van der Waals surface area contributed by atoms with E-state index in [1.54, 1.807) is 43.9 Å². The molecule has 0 spiro atoms. The Morgan fingerprint density at radius 2 is 1.47 bits per heavy atom. The second-order valence-corrected chi connectivity index (χ2v) is 23.6. The van der Waals surface area contributed by atoms with Crippen molar-refractivity contribution in [2.24, 2.45) is 16.6 Å². The van der Waals surface area contributed by atoms with E-state index in [0.29, 0.717) is 23.7 Å². The largest absolute Gasteiger partial charge is 0.465 e. The highest BCUT2D eigenvalue weighted by Crippen LogP contribution is 2.35. The number of amides is 7. The zero-order valence-electron chi connectivity index (χ0n) is 46.9. The van der Waals surface area contributed by atoms with Gasteiger partial charge in [0.05, 0.1) is 36.3 Å². The lowest BCUT2D eigenvalue weighted by atomic mass is 9.84. The Morgan fingerprint density at radius 3 is 2.14 bits per heavy atom. The summed E-state index contributed by atoms with van der Waals surface area (Å²) in [5.41, 5.74) is 11.5. The Hall–Kier alpha value is -7.57. The van der Waals surface area contributed by atoms with E-state index in [2.05, 4.69) is 22.0 Å². The van der Waals surface area contributed by atoms with E-state index in [-0.39, 0.29) is 50.5 Å². The van der Waals surface area contributed by atoms with Crippen LogP contribution < -0.4 is 21.7 Å². The number of carboxylic acid groups (broad SMARTS) is 1. The fraction of sp³-hybridized carbons (Fsp3) is 0.459. The number of carbonyl (C=O) groups excluding carboxylic acids is 6. The van der Waals surface area contributed by atoms with Crippen LogP contribution in [-0.2, 0) is 54.6 Å². The highest BCUT2D eigenvalue weighted by molar-refractivity contribution is 5.96. The van der Waals surface area contributed by atoms with Crippen LogP contribution in [0.15, 0.2) is 109 Å². The van der Waals surface area contributed by atoms with E-state index < -0.39 is 83.0 Å². The summed E-state index contributed by atoms with van der Waals surface area (Å²) in [5.74, 6) is -2.17. The standard InChI is InChI=1S/C61H77N9O9/c1-37(66(8)59(77)78)53(71)65-52(61(5,6)7)57(75)70-35-44(32-48(70)54(72)64-46-25-17-23-39-18-15-16-24-45(39)46)63-58(76)67-29-28-42-30-38(26-27-47(42)67)33-68(50(36-79-9)40-19-11-10-12-20-40)55(73)49-31-41-21-13-14-22-43(41)34-69(49)56(74)51(62)60(2,3)4/h10-16,18-22,24,26-30,37,44,46,48-52H,17,23,25,31-36,62H2,1-9H3,(H,63,76)(H,64,72)(H,65,71)(H,77,78)/t37?,44-,46+,48-,49?,50+,51?,52?/m0/s1. The Balaban J connectivity index is 1.07. The molecule has 18 nitrogen and oxygen atoms in total. The number of fused-ring (bicyclic) bond motifs is 3. The number of hydrogen-bond acceptors (Lipinski definition) is 9. The van der Waals surface area contributed by atoms with Gasteiger partial charge in [-0.05, 0) is 95.0 Å². The SMILES string of the molecule is COC[C@H](c1ccccc1)N(Cc1ccc2c(ccn2C(=O)N[C@H]2C[C@@H](C(=O)N[C@@H]3CCCc4ccccc43)N(C(=O)C(NC(=O)C(C)N(C)C(=O)O)C(C)(C)C)C2)c1)C(=O)C1Cc2ccccc2CN1C(=O)C(N)C(C)(C)C. The highest BCUT2D eigenvalue weighted by Gasteiger charge is 2.47. The summed E-state index contributed by atoms with van der Waals surface area (Å²) >= 11 is 0. The maximum Gasteiger partial charge on any atom is 0.407 e. The fourth-order valence-electron chi connectivity index (χ4n) is 11.2. The van der Waals surface area contributed by atoms with Crippen molar-refractivity contribution in [3.05, 3.63) is 143 Å². The van der Waals surface area contributed by atoms with Crippen molar-refractivity contribution in [2.75, 3.05) is 27.3 Å². The molecule has 7 amide bonds. The van der Waals surface area contributed by atoms with Crippen LogP contribution in [0.4, 0.5) is 9.59 Å². The molecule has 0 saturated carbocycles. The number of benzene rings is 4. The summed E-state index contributed by atoms with van der Waals surface area (Å²) in [5, 5.41) is 19.4. The van der Waals surface area contributed by atoms with Crippen molar-refractivity contribution >= 4 is 52.6 Å². The van der Waals surface area contributed by atoms with Gasteiger partial charge in [0.1, 0.15) is 24.2 Å². The number of likely N-dealkylation sites (tertiary alicyclic amines) is 1. The fourth-order valence-corrected chi connectivity index (χ4v) is 11.2. The summed E-state index contributed by atoms with van der Waals surface area (Å²) in [6, 6.07) is 25.8. The zero-order chi connectivity index (χ0) is 57.1. The molecule has 1 saturated heterocycles. The number of carbonyl (C=O) groups is 7. The second-order valence-electron chi connectivity index (χ2n) is 23.6. The number of ether oxygens (including phenoxy) is 1. The monoisotopic (exact) mass is 1080 g/mol. The van der Waals surface area contributed by atoms with Gasteiger partial charge in [-0.15, -0.1) is 0 Å². The molecule has 3 heterocycles. The Labute approximate surface area is 463 Å². The minimum Gasteiger partial charge on any atom is -0.465 e. The van der Waals surface area contributed by atoms with Crippen LogP contribution >= 0.6 is 0 Å². The molecule has 8 rings (SSSR count). The maximum absolute atomic E-state index is 15.5. The number of nitrogens with one attached hydrogen (secondary N) is 3. The molecular formula is C61H77N9O9. The summed E-state index contributed by atoms with van der Waals surface area (Å²) in [6.07, 6.45) is 3.17. The van der Waals surface area contributed by atoms with Crippen molar-refractivity contribution in [3.63, 3.8) is 0 Å². The van der Waals surface area contributed by atoms with Crippen LogP contribution in [0, 0.1) is 10.8 Å². The average Bonchev–Trinajstić information content (AvgIpc) is 4.17. The molecule has 18 heteroatoms. The lowest BCUT2D eigenvalue weighted by molar-refractivity contribution is -0.151. The number of nitrogens with two attached hydrogens (primary N) is 1. The van der Waals surface area contributed by atoms with Crippen LogP contribution in [0.3, 0.4) is 0 Å². The van der Waals surface area contributed by atoms with Gasteiger partial charge in [0.15, 0.2) is 0 Å². The lowest BCUT2D eigenvalue weighted by Crippen LogP contribution is -2.60. The number of aromatic nitrogens is 1. The van der Waals surface area contributed by atoms with Gasteiger partial charge >= 0.3 is 12.1 Å². The second kappa shape index (κ2) is 23.8. The van der Waals surface area contributed by atoms with E-state index in [1.807, 2.05) is 118 Å². The van der Waals surface area contributed by atoms with Gasteiger partial charge in [0.25, 0.3) is 0 Å². The normalized spacial score (nSPS) is 19.7. The Bertz CT molecular complexity index is 3070. The van der Waals surface area contributed by atoms with Crippen molar-refractivity contribution in [3.8, 4) is 0 Å². The molecule has 1 fully saturated rings. The van der Waals surface area contributed by atoms with Crippen molar-refractivity contribution in [2.45, 2.75) is 142 Å². The average molecular weight is 1080 g/mol. The molecule has 1 aromatic heterocycles. The van der Waals surface area contributed by atoms with Crippen molar-refractivity contribution in [1.29, 1.82) is 0 Å². The molecule has 1 aliphatic carbocycles. The molecule has 4 aromatic carbocycles. The number of hydrogen-bond donors (Lipinski definition) is 5. The van der Waals surface area contributed by atoms with E-state index in [4.69, 9.17) is 10.5 Å². The highest BCUT2D eigenvalue weighted by atomic mass is 16.5. The molecule has 0 bridgehead atoms. The minimum atomic E-state index is -1.31. The molecule has 79 heavy (non-hydrogen) atoms.